The minimum absolute atomic E-state index is 0.0281. The molecular formula is C21H23F2NO2. The molecule has 0 heterocycles. The van der Waals surface area contributed by atoms with Gasteiger partial charge >= 0.3 is 0 Å². The second-order valence-corrected chi connectivity index (χ2v) is 6.66. The van der Waals surface area contributed by atoms with Crippen LogP contribution in [0, 0.1) is 17.6 Å². The summed E-state index contributed by atoms with van der Waals surface area (Å²) < 4.78 is 33.8. The molecule has 1 saturated carbocycles. The Kier molecular flexibility index (Phi) is 5.55. The van der Waals surface area contributed by atoms with Gasteiger partial charge in [-0.25, -0.2) is 8.78 Å². The maximum Gasteiger partial charge on any atom is 0.256 e. The van der Waals surface area contributed by atoms with Gasteiger partial charge in [-0.1, -0.05) is 18.9 Å². The highest BCUT2D eigenvalue weighted by Gasteiger charge is 2.24. The van der Waals surface area contributed by atoms with Gasteiger partial charge in [0.15, 0.2) is 0 Å². The summed E-state index contributed by atoms with van der Waals surface area (Å²) in [5, 5.41) is 0. The SMILES string of the molecule is CCN(CCC1CC1)C(=O)c1ccc(-c2ccc(OC)cc2F)cc1F. The summed E-state index contributed by atoms with van der Waals surface area (Å²) in [6.45, 7) is 3.08. The molecule has 5 heteroatoms. The number of methoxy groups -OCH3 is 1. The number of nitrogens with zero attached hydrogens (tertiary/aromatic N) is 1. The molecule has 0 aliphatic heterocycles. The van der Waals surface area contributed by atoms with Crippen molar-refractivity contribution >= 4 is 5.91 Å². The Morgan fingerprint density at radius 1 is 1.15 bits per heavy atom. The van der Waals surface area contributed by atoms with Crippen molar-refractivity contribution in [1.29, 1.82) is 0 Å². The molecule has 3 rings (SSSR count). The highest BCUT2D eigenvalue weighted by molar-refractivity contribution is 5.95. The van der Waals surface area contributed by atoms with Gasteiger partial charge in [-0.15, -0.1) is 0 Å². The zero-order valence-electron chi connectivity index (χ0n) is 15.1. The minimum Gasteiger partial charge on any atom is -0.497 e. The second kappa shape index (κ2) is 7.85. The predicted molar refractivity (Wildman–Crippen MR) is 97.3 cm³/mol. The molecule has 138 valence electrons. The number of benzene rings is 2. The topological polar surface area (TPSA) is 29.5 Å². The van der Waals surface area contributed by atoms with Crippen molar-refractivity contribution in [2.45, 2.75) is 26.2 Å². The van der Waals surface area contributed by atoms with Crippen molar-refractivity contribution in [3.63, 3.8) is 0 Å². The Balaban J connectivity index is 1.81. The lowest BCUT2D eigenvalue weighted by molar-refractivity contribution is 0.0755. The molecule has 0 aromatic heterocycles. The van der Waals surface area contributed by atoms with E-state index in [2.05, 4.69) is 0 Å². The van der Waals surface area contributed by atoms with Gasteiger partial charge in [0.25, 0.3) is 5.91 Å². The molecule has 0 saturated heterocycles. The fourth-order valence-corrected chi connectivity index (χ4v) is 3.03. The predicted octanol–water partition coefficient (Wildman–Crippen LogP) is 4.90. The monoisotopic (exact) mass is 359 g/mol. The van der Waals surface area contributed by atoms with Gasteiger partial charge in [0.1, 0.15) is 17.4 Å². The van der Waals surface area contributed by atoms with Crippen LogP contribution in [0.25, 0.3) is 11.1 Å². The number of carbonyl (C=O) groups is 1. The van der Waals surface area contributed by atoms with Crippen molar-refractivity contribution in [2.24, 2.45) is 5.92 Å². The van der Waals surface area contributed by atoms with Crippen LogP contribution in [-0.2, 0) is 0 Å². The highest BCUT2D eigenvalue weighted by atomic mass is 19.1. The Morgan fingerprint density at radius 2 is 1.92 bits per heavy atom. The van der Waals surface area contributed by atoms with Crippen LogP contribution >= 0.6 is 0 Å². The summed E-state index contributed by atoms with van der Waals surface area (Å²) in [6.07, 6.45) is 3.42. The first-order valence-corrected chi connectivity index (χ1v) is 8.96. The summed E-state index contributed by atoms with van der Waals surface area (Å²) in [5.74, 6) is -0.336. The third-order valence-corrected chi connectivity index (χ3v) is 4.86. The largest absolute Gasteiger partial charge is 0.497 e. The van der Waals surface area contributed by atoms with E-state index in [9.17, 15) is 13.6 Å². The molecule has 2 aromatic rings. The number of ether oxygens (including phenoxy) is 1. The van der Waals surface area contributed by atoms with Gasteiger partial charge in [0.05, 0.1) is 12.7 Å². The zero-order valence-corrected chi connectivity index (χ0v) is 15.1. The van der Waals surface area contributed by atoms with Gasteiger partial charge in [0.2, 0.25) is 0 Å². The van der Waals surface area contributed by atoms with E-state index in [-0.39, 0.29) is 17.0 Å². The van der Waals surface area contributed by atoms with Crippen molar-refractivity contribution < 1.29 is 18.3 Å². The molecule has 0 bridgehead atoms. The summed E-state index contributed by atoms with van der Waals surface area (Å²) in [5.41, 5.74) is 0.685. The molecule has 3 nitrogen and oxygen atoms in total. The van der Waals surface area contributed by atoms with Crippen LogP contribution in [0.1, 0.15) is 36.5 Å². The summed E-state index contributed by atoms with van der Waals surface area (Å²) in [4.78, 5) is 14.3. The molecule has 1 fully saturated rings. The zero-order chi connectivity index (χ0) is 18.7. The van der Waals surface area contributed by atoms with E-state index in [1.54, 1.807) is 23.1 Å². The molecule has 0 atom stereocenters. The quantitative estimate of drug-likeness (QED) is 0.703. The molecular weight excluding hydrogens is 336 g/mol. The lowest BCUT2D eigenvalue weighted by atomic mass is 10.0. The highest BCUT2D eigenvalue weighted by Crippen LogP contribution is 2.33. The fraction of sp³-hybridized carbons (Fsp3) is 0.381. The first-order chi connectivity index (χ1) is 12.5. The van der Waals surface area contributed by atoms with E-state index < -0.39 is 11.6 Å². The third kappa shape index (κ3) is 4.03. The summed E-state index contributed by atoms with van der Waals surface area (Å²) in [7, 11) is 1.46. The lowest BCUT2D eigenvalue weighted by Crippen LogP contribution is -2.32. The number of carbonyl (C=O) groups excluding carboxylic acids is 1. The van der Waals surface area contributed by atoms with Crippen LogP contribution in [-0.4, -0.2) is 31.0 Å². The van der Waals surface area contributed by atoms with E-state index in [4.69, 9.17) is 4.74 Å². The number of hydrogen-bond acceptors (Lipinski definition) is 2. The number of hydrogen-bond donors (Lipinski definition) is 0. The van der Waals surface area contributed by atoms with Crippen LogP contribution in [0.2, 0.25) is 0 Å². The number of rotatable bonds is 7. The molecule has 0 radical (unpaired) electrons. The standard InChI is InChI=1S/C21H23F2NO2/c1-3-24(11-10-14-4-5-14)21(25)18-8-6-15(12-19(18)22)17-9-7-16(26-2)13-20(17)23/h6-9,12-14H,3-5,10-11H2,1-2H3. The molecule has 1 aliphatic carbocycles. The Bertz CT molecular complexity index is 803. The van der Waals surface area contributed by atoms with Crippen molar-refractivity contribution in [2.75, 3.05) is 20.2 Å². The van der Waals surface area contributed by atoms with Crippen LogP contribution < -0.4 is 4.74 Å². The number of amides is 1. The van der Waals surface area contributed by atoms with Gasteiger partial charge in [-0.05, 0) is 49.1 Å². The second-order valence-electron chi connectivity index (χ2n) is 6.66. The molecule has 2 aromatic carbocycles. The summed E-state index contributed by atoms with van der Waals surface area (Å²) >= 11 is 0. The van der Waals surface area contributed by atoms with Gasteiger partial charge in [0, 0.05) is 24.7 Å². The Labute approximate surface area is 152 Å². The van der Waals surface area contributed by atoms with Gasteiger partial charge in [-0.2, -0.15) is 0 Å². The third-order valence-electron chi connectivity index (χ3n) is 4.86. The van der Waals surface area contributed by atoms with E-state index in [1.807, 2.05) is 6.92 Å². The van der Waals surface area contributed by atoms with Gasteiger partial charge < -0.3 is 9.64 Å². The normalized spacial score (nSPS) is 13.5. The molecule has 1 aliphatic rings. The van der Waals surface area contributed by atoms with E-state index in [1.165, 1.54) is 38.2 Å². The molecule has 26 heavy (non-hydrogen) atoms. The first kappa shape index (κ1) is 18.4. The van der Waals surface area contributed by atoms with E-state index >= 15 is 0 Å². The van der Waals surface area contributed by atoms with E-state index in [0.29, 0.717) is 30.3 Å². The fourth-order valence-electron chi connectivity index (χ4n) is 3.03. The molecule has 1 amide bonds. The smallest absolute Gasteiger partial charge is 0.256 e. The Morgan fingerprint density at radius 3 is 2.50 bits per heavy atom. The average molecular weight is 359 g/mol. The van der Waals surface area contributed by atoms with Crippen molar-refractivity contribution in [3.05, 3.63) is 53.6 Å². The van der Waals surface area contributed by atoms with Crippen LogP contribution in [0.15, 0.2) is 36.4 Å². The molecule has 0 N–H and O–H groups in total. The average Bonchev–Trinajstić information content (AvgIpc) is 3.46. The maximum absolute atomic E-state index is 14.6. The number of halogens is 2. The minimum atomic E-state index is -0.632. The first-order valence-electron chi connectivity index (χ1n) is 8.96. The van der Waals surface area contributed by atoms with E-state index in [0.717, 1.165) is 6.42 Å². The van der Waals surface area contributed by atoms with Gasteiger partial charge in [-0.3, -0.25) is 4.79 Å². The van der Waals surface area contributed by atoms with Crippen LogP contribution in [0.4, 0.5) is 8.78 Å². The Hall–Kier alpha value is -2.43. The van der Waals surface area contributed by atoms with Crippen LogP contribution in [0.5, 0.6) is 5.75 Å². The van der Waals surface area contributed by atoms with Crippen LogP contribution in [0.3, 0.4) is 0 Å². The molecule has 0 spiro atoms. The lowest BCUT2D eigenvalue weighted by Gasteiger charge is -2.21. The van der Waals surface area contributed by atoms with Crippen molar-refractivity contribution in [3.8, 4) is 16.9 Å². The summed E-state index contributed by atoms with van der Waals surface area (Å²) in [6, 6.07) is 8.65. The molecule has 0 unspecified atom stereocenters. The maximum atomic E-state index is 14.6. The van der Waals surface area contributed by atoms with Crippen molar-refractivity contribution in [1.82, 2.24) is 4.90 Å².